The fourth-order valence-electron chi connectivity index (χ4n) is 2.61. The molecule has 1 amide bonds. The minimum absolute atomic E-state index is 0.0886. The number of amides is 1. The predicted molar refractivity (Wildman–Crippen MR) is 109 cm³/mol. The summed E-state index contributed by atoms with van der Waals surface area (Å²) in [5, 5.41) is 3.09. The Hall–Kier alpha value is -2.12. The fraction of sp³-hybridized carbons (Fsp3) is 0.316. The highest BCUT2D eigenvalue weighted by atomic mass is 32.2. The molecule has 7 heteroatoms. The average Bonchev–Trinajstić information content (AvgIpc) is 2.98. The van der Waals surface area contributed by atoms with Gasteiger partial charge in [0.05, 0.1) is 5.39 Å². The number of H-pyrrole nitrogens is 1. The zero-order chi connectivity index (χ0) is 18.9. The number of aromatic amines is 1. The van der Waals surface area contributed by atoms with Crippen LogP contribution in [0.1, 0.15) is 32.8 Å². The second kappa shape index (κ2) is 7.25. The number of primary amides is 1. The normalized spacial score (nSPS) is 11.8. The number of hydrogen-bond donors (Lipinski definition) is 2. The highest BCUT2D eigenvalue weighted by Gasteiger charge is 2.16. The van der Waals surface area contributed by atoms with Crippen LogP contribution in [0, 0.1) is 0 Å². The Morgan fingerprint density at radius 3 is 2.58 bits per heavy atom. The van der Waals surface area contributed by atoms with Crippen molar-refractivity contribution in [3.63, 3.8) is 0 Å². The van der Waals surface area contributed by atoms with Crippen LogP contribution >= 0.6 is 23.1 Å². The number of carbonyl (C=O) groups is 1. The van der Waals surface area contributed by atoms with Crippen molar-refractivity contribution in [1.29, 1.82) is 0 Å². The van der Waals surface area contributed by atoms with E-state index < -0.39 is 0 Å². The van der Waals surface area contributed by atoms with E-state index in [1.807, 2.05) is 5.38 Å². The zero-order valence-corrected chi connectivity index (χ0v) is 16.6. The molecule has 0 aliphatic heterocycles. The number of nitrogens with one attached hydrogen (secondary N) is 1. The molecule has 136 valence electrons. The number of benzene rings is 1. The lowest BCUT2D eigenvalue weighted by Gasteiger charge is -2.19. The molecule has 3 aromatic rings. The maximum Gasteiger partial charge on any atom is 0.260 e. The molecule has 0 saturated heterocycles. The Bertz CT molecular complexity index is 998. The van der Waals surface area contributed by atoms with Gasteiger partial charge in [-0.3, -0.25) is 9.59 Å². The number of thiophene rings is 1. The van der Waals surface area contributed by atoms with Gasteiger partial charge in [0.1, 0.15) is 4.83 Å². The third-order valence-corrected chi connectivity index (χ3v) is 5.82. The van der Waals surface area contributed by atoms with E-state index in [2.05, 4.69) is 55.0 Å². The molecule has 0 aliphatic carbocycles. The molecule has 3 rings (SSSR count). The van der Waals surface area contributed by atoms with E-state index in [9.17, 15) is 9.59 Å². The van der Waals surface area contributed by atoms with Gasteiger partial charge in [-0.05, 0) is 16.5 Å². The summed E-state index contributed by atoms with van der Waals surface area (Å²) >= 11 is 2.78. The number of hydrogen-bond acceptors (Lipinski definition) is 5. The number of nitrogens with two attached hydrogens (primary N) is 1. The van der Waals surface area contributed by atoms with Gasteiger partial charge in [0.15, 0.2) is 5.16 Å². The van der Waals surface area contributed by atoms with Crippen LogP contribution in [-0.2, 0) is 10.2 Å². The van der Waals surface area contributed by atoms with Gasteiger partial charge in [0.2, 0.25) is 5.91 Å². The van der Waals surface area contributed by atoms with Gasteiger partial charge in [-0.15, -0.1) is 11.3 Å². The molecule has 2 aromatic heterocycles. The Morgan fingerprint density at radius 1 is 1.27 bits per heavy atom. The van der Waals surface area contributed by atoms with Crippen LogP contribution < -0.4 is 11.3 Å². The molecule has 0 aliphatic rings. The van der Waals surface area contributed by atoms with Gasteiger partial charge in [0, 0.05) is 23.1 Å². The summed E-state index contributed by atoms with van der Waals surface area (Å²) in [4.78, 5) is 31.4. The summed E-state index contributed by atoms with van der Waals surface area (Å²) in [5.41, 5.74) is 8.22. The van der Waals surface area contributed by atoms with E-state index in [0.29, 0.717) is 21.1 Å². The molecular weight excluding hydrogens is 366 g/mol. The number of fused-ring (bicyclic) bond motifs is 1. The fourth-order valence-corrected chi connectivity index (χ4v) is 4.43. The van der Waals surface area contributed by atoms with Crippen LogP contribution in [0.15, 0.2) is 39.6 Å². The molecule has 0 saturated carbocycles. The molecule has 5 nitrogen and oxygen atoms in total. The lowest BCUT2D eigenvalue weighted by atomic mass is 9.86. The Morgan fingerprint density at radius 2 is 1.96 bits per heavy atom. The van der Waals surface area contributed by atoms with Gasteiger partial charge >= 0.3 is 0 Å². The summed E-state index contributed by atoms with van der Waals surface area (Å²) in [6, 6.07) is 8.32. The third kappa shape index (κ3) is 3.99. The maximum atomic E-state index is 12.6. The summed E-state index contributed by atoms with van der Waals surface area (Å²) in [6.45, 7) is 6.52. The van der Waals surface area contributed by atoms with E-state index >= 15 is 0 Å². The minimum atomic E-state index is -0.363. The van der Waals surface area contributed by atoms with Crippen molar-refractivity contribution in [1.82, 2.24) is 9.97 Å². The van der Waals surface area contributed by atoms with Crippen LogP contribution in [-0.4, -0.2) is 21.6 Å². The molecule has 2 heterocycles. The van der Waals surface area contributed by atoms with E-state index in [4.69, 9.17) is 5.73 Å². The lowest BCUT2D eigenvalue weighted by Crippen LogP contribution is -2.12. The van der Waals surface area contributed by atoms with Gasteiger partial charge in [-0.1, -0.05) is 56.8 Å². The van der Waals surface area contributed by atoms with Crippen LogP contribution in [0.3, 0.4) is 0 Å². The van der Waals surface area contributed by atoms with Gasteiger partial charge in [0.25, 0.3) is 5.56 Å². The monoisotopic (exact) mass is 387 g/mol. The van der Waals surface area contributed by atoms with Crippen LogP contribution in [0.5, 0.6) is 0 Å². The van der Waals surface area contributed by atoms with Crippen LogP contribution in [0.2, 0.25) is 0 Å². The molecule has 0 unspecified atom stereocenters. The molecule has 0 spiro atoms. The molecule has 0 atom stereocenters. The summed E-state index contributed by atoms with van der Waals surface area (Å²) < 4.78 is 0. The van der Waals surface area contributed by atoms with E-state index in [1.165, 1.54) is 28.7 Å². The van der Waals surface area contributed by atoms with Gasteiger partial charge in [-0.2, -0.15) is 0 Å². The quantitative estimate of drug-likeness (QED) is 0.513. The third-order valence-electron chi connectivity index (χ3n) is 4.07. The smallest absolute Gasteiger partial charge is 0.260 e. The number of rotatable bonds is 5. The summed E-state index contributed by atoms with van der Waals surface area (Å²) in [6.07, 6.45) is 0.252. The standard InChI is InChI=1S/C19H21N3O2S2/c1-19(2,3)12-6-4-11(5-7-12)13-10-26-17-15(13)16(24)21-18(22-17)25-9-8-14(20)23/h4-7,10H,8-9H2,1-3H3,(H2,20,23)(H,21,22,24). The topological polar surface area (TPSA) is 88.8 Å². The molecule has 0 fully saturated rings. The first kappa shape index (κ1) is 18.7. The molecule has 0 bridgehead atoms. The van der Waals surface area contributed by atoms with Gasteiger partial charge in [-0.25, -0.2) is 4.98 Å². The highest BCUT2D eigenvalue weighted by Crippen LogP contribution is 2.33. The van der Waals surface area contributed by atoms with E-state index in [-0.39, 0.29) is 23.3 Å². The van der Waals surface area contributed by atoms with Crippen molar-refractivity contribution >= 4 is 39.2 Å². The number of thioether (sulfide) groups is 1. The average molecular weight is 388 g/mol. The van der Waals surface area contributed by atoms with Gasteiger partial charge < -0.3 is 10.7 Å². The number of carbonyl (C=O) groups excluding carboxylic acids is 1. The van der Waals surface area contributed by atoms with Crippen LogP contribution in [0.25, 0.3) is 21.3 Å². The van der Waals surface area contributed by atoms with Crippen molar-refractivity contribution < 1.29 is 4.79 Å². The van der Waals surface area contributed by atoms with Crippen molar-refractivity contribution in [2.45, 2.75) is 37.8 Å². The predicted octanol–water partition coefficient (Wildman–Crippen LogP) is 3.92. The second-order valence-corrected chi connectivity index (χ2v) is 9.03. The van der Waals surface area contributed by atoms with Crippen LogP contribution in [0.4, 0.5) is 0 Å². The first-order chi connectivity index (χ1) is 12.3. The first-order valence-corrected chi connectivity index (χ1v) is 10.2. The van der Waals surface area contributed by atoms with Crippen molar-refractivity contribution in [2.75, 3.05) is 5.75 Å². The van der Waals surface area contributed by atoms with Crippen molar-refractivity contribution in [3.05, 3.63) is 45.6 Å². The first-order valence-electron chi connectivity index (χ1n) is 8.29. The molecule has 26 heavy (non-hydrogen) atoms. The number of aromatic nitrogens is 2. The molecular formula is C19H21N3O2S2. The lowest BCUT2D eigenvalue weighted by molar-refractivity contribution is -0.117. The largest absolute Gasteiger partial charge is 0.370 e. The van der Waals surface area contributed by atoms with Crippen molar-refractivity contribution in [2.24, 2.45) is 5.73 Å². The summed E-state index contributed by atoms with van der Waals surface area (Å²) in [5.74, 6) is 0.133. The Balaban J connectivity index is 1.93. The number of nitrogens with zero attached hydrogens (tertiary/aromatic N) is 1. The molecule has 3 N–H and O–H groups in total. The summed E-state index contributed by atoms with van der Waals surface area (Å²) in [7, 11) is 0. The SMILES string of the molecule is CC(C)(C)c1ccc(-c2csc3nc(SCCC(N)=O)[nH]c(=O)c23)cc1. The Labute approximate surface area is 160 Å². The molecule has 0 radical (unpaired) electrons. The zero-order valence-electron chi connectivity index (χ0n) is 15.0. The second-order valence-electron chi connectivity index (χ2n) is 7.09. The highest BCUT2D eigenvalue weighted by molar-refractivity contribution is 7.99. The van der Waals surface area contributed by atoms with Crippen molar-refractivity contribution in [3.8, 4) is 11.1 Å². The minimum Gasteiger partial charge on any atom is -0.370 e. The van der Waals surface area contributed by atoms with E-state index in [1.54, 1.807) is 0 Å². The maximum absolute atomic E-state index is 12.6. The Kier molecular flexibility index (Phi) is 5.20. The van der Waals surface area contributed by atoms with E-state index in [0.717, 1.165) is 11.1 Å². The molecule has 1 aromatic carbocycles.